The number of nitriles is 1. The second-order valence-electron chi connectivity index (χ2n) is 8.68. The van der Waals surface area contributed by atoms with Crippen LogP contribution >= 0.6 is 0 Å². The van der Waals surface area contributed by atoms with E-state index in [9.17, 15) is 9.59 Å². The van der Waals surface area contributed by atoms with Gasteiger partial charge in [0.2, 0.25) is 5.91 Å². The number of hydrogen-bond acceptors (Lipinski definition) is 4. The van der Waals surface area contributed by atoms with Crippen LogP contribution in [-0.4, -0.2) is 29.8 Å². The van der Waals surface area contributed by atoms with Crippen LogP contribution in [0.2, 0.25) is 0 Å². The van der Waals surface area contributed by atoms with Gasteiger partial charge in [-0.05, 0) is 66.8 Å². The standard InChI is InChI=1S/C24H28N4O2/c1-24(2,15-26)16-28(23(30)20-10-11-20)14-18-4-3-5-21(12-18)27-22(29)19-8-6-17(13-25)7-9-19/h3-9,12,20H,10-11,14-16,26H2,1-2H3,(H,27,29). The number of anilines is 1. The van der Waals surface area contributed by atoms with Crippen molar-refractivity contribution in [1.29, 1.82) is 5.26 Å². The van der Waals surface area contributed by atoms with Crippen molar-refractivity contribution in [2.75, 3.05) is 18.4 Å². The molecule has 1 aliphatic rings. The smallest absolute Gasteiger partial charge is 0.255 e. The van der Waals surface area contributed by atoms with Crippen LogP contribution < -0.4 is 11.1 Å². The zero-order valence-electron chi connectivity index (χ0n) is 17.5. The Morgan fingerprint density at radius 3 is 2.50 bits per heavy atom. The Morgan fingerprint density at radius 2 is 1.90 bits per heavy atom. The second-order valence-corrected chi connectivity index (χ2v) is 8.68. The summed E-state index contributed by atoms with van der Waals surface area (Å²) in [5.41, 5.74) is 8.34. The summed E-state index contributed by atoms with van der Waals surface area (Å²) in [6, 6.07) is 16.1. The lowest BCUT2D eigenvalue weighted by atomic mass is 9.92. The maximum atomic E-state index is 12.8. The number of nitrogens with one attached hydrogen (secondary N) is 1. The van der Waals surface area contributed by atoms with Gasteiger partial charge < -0.3 is 16.0 Å². The topological polar surface area (TPSA) is 99.2 Å². The fourth-order valence-corrected chi connectivity index (χ4v) is 3.25. The zero-order chi connectivity index (χ0) is 21.7. The molecule has 0 atom stereocenters. The third-order valence-corrected chi connectivity index (χ3v) is 5.24. The van der Waals surface area contributed by atoms with E-state index in [0.29, 0.717) is 36.4 Å². The third-order valence-electron chi connectivity index (χ3n) is 5.24. The van der Waals surface area contributed by atoms with Gasteiger partial charge in [-0.25, -0.2) is 0 Å². The number of benzene rings is 2. The highest BCUT2D eigenvalue weighted by molar-refractivity contribution is 6.04. The van der Waals surface area contributed by atoms with Crippen LogP contribution in [0.1, 0.15) is 48.2 Å². The highest BCUT2D eigenvalue weighted by Crippen LogP contribution is 2.32. The van der Waals surface area contributed by atoms with Gasteiger partial charge in [0.25, 0.3) is 5.91 Å². The van der Waals surface area contributed by atoms with E-state index in [4.69, 9.17) is 11.0 Å². The zero-order valence-corrected chi connectivity index (χ0v) is 17.5. The van der Waals surface area contributed by atoms with Crippen LogP contribution in [0, 0.1) is 22.7 Å². The molecule has 2 amide bonds. The maximum Gasteiger partial charge on any atom is 0.255 e. The molecule has 0 bridgehead atoms. The summed E-state index contributed by atoms with van der Waals surface area (Å²) in [5, 5.41) is 11.8. The van der Waals surface area contributed by atoms with Gasteiger partial charge in [-0.1, -0.05) is 26.0 Å². The minimum Gasteiger partial charge on any atom is -0.338 e. The first-order chi connectivity index (χ1) is 14.3. The molecule has 0 heterocycles. The summed E-state index contributed by atoms with van der Waals surface area (Å²) in [6.07, 6.45) is 1.91. The van der Waals surface area contributed by atoms with Gasteiger partial charge in [0, 0.05) is 30.3 Å². The van der Waals surface area contributed by atoms with E-state index in [1.165, 1.54) is 0 Å². The van der Waals surface area contributed by atoms with Crippen LogP contribution in [0.25, 0.3) is 0 Å². The van der Waals surface area contributed by atoms with Crippen molar-refractivity contribution in [3.63, 3.8) is 0 Å². The van der Waals surface area contributed by atoms with E-state index in [2.05, 4.69) is 19.2 Å². The number of amides is 2. The van der Waals surface area contributed by atoms with Crippen molar-refractivity contribution < 1.29 is 9.59 Å². The number of carbonyl (C=O) groups excluding carboxylic acids is 2. The van der Waals surface area contributed by atoms with Gasteiger partial charge in [0.15, 0.2) is 0 Å². The molecular weight excluding hydrogens is 376 g/mol. The number of nitrogens with two attached hydrogens (primary N) is 1. The predicted octanol–water partition coefficient (Wildman–Crippen LogP) is 3.53. The molecule has 0 radical (unpaired) electrons. The van der Waals surface area contributed by atoms with Gasteiger partial charge in [0.05, 0.1) is 11.6 Å². The van der Waals surface area contributed by atoms with Crippen LogP contribution in [0.5, 0.6) is 0 Å². The van der Waals surface area contributed by atoms with E-state index in [1.807, 2.05) is 35.2 Å². The molecule has 6 nitrogen and oxygen atoms in total. The first-order valence-electron chi connectivity index (χ1n) is 10.2. The van der Waals surface area contributed by atoms with Crippen molar-refractivity contribution >= 4 is 17.5 Å². The normalized spacial score (nSPS) is 13.4. The van der Waals surface area contributed by atoms with Gasteiger partial charge in [-0.2, -0.15) is 5.26 Å². The molecule has 3 rings (SSSR count). The summed E-state index contributed by atoms with van der Waals surface area (Å²) in [5.74, 6) is 0.0770. The Bertz CT molecular complexity index is 956. The fraction of sp³-hybridized carbons (Fsp3) is 0.375. The van der Waals surface area contributed by atoms with Crippen molar-refractivity contribution in [2.24, 2.45) is 17.1 Å². The first-order valence-corrected chi connectivity index (χ1v) is 10.2. The minimum atomic E-state index is -0.244. The molecule has 0 spiro atoms. The van der Waals surface area contributed by atoms with Gasteiger partial charge in [-0.15, -0.1) is 0 Å². The molecule has 156 valence electrons. The van der Waals surface area contributed by atoms with Crippen molar-refractivity contribution in [2.45, 2.75) is 33.2 Å². The van der Waals surface area contributed by atoms with E-state index in [0.717, 1.165) is 18.4 Å². The molecule has 3 N–H and O–H groups in total. The average Bonchev–Trinajstić information content (AvgIpc) is 3.58. The Morgan fingerprint density at radius 1 is 1.20 bits per heavy atom. The Hall–Kier alpha value is -3.17. The van der Waals surface area contributed by atoms with E-state index < -0.39 is 0 Å². The van der Waals surface area contributed by atoms with Crippen LogP contribution in [0.15, 0.2) is 48.5 Å². The third kappa shape index (κ3) is 5.68. The molecule has 2 aromatic rings. The lowest BCUT2D eigenvalue weighted by Crippen LogP contribution is -2.42. The molecule has 1 fully saturated rings. The molecule has 30 heavy (non-hydrogen) atoms. The summed E-state index contributed by atoms with van der Waals surface area (Å²) >= 11 is 0. The molecule has 0 aromatic heterocycles. The van der Waals surface area contributed by atoms with E-state index in [1.54, 1.807) is 24.3 Å². The fourth-order valence-electron chi connectivity index (χ4n) is 3.25. The largest absolute Gasteiger partial charge is 0.338 e. The van der Waals surface area contributed by atoms with Gasteiger partial charge in [0.1, 0.15) is 0 Å². The highest BCUT2D eigenvalue weighted by atomic mass is 16.2. The van der Waals surface area contributed by atoms with Crippen molar-refractivity contribution in [3.8, 4) is 6.07 Å². The summed E-state index contributed by atoms with van der Waals surface area (Å²) in [6.45, 7) is 5.71. The van der Waals surface area contributed by atoms with Gasteiger partial charge >= 0.3 is 0 Å². The molecule has 2 aromatic carbocycles. The Labute approximate surface area is 177 Å². The van der Waals surface area contributed by atoms with Crippen molar-refractivity contribution in [1.82, 2.24) is 4.90 Å². The maximum absolute atomic E-state index is 12.8. The Kier molecular flexibility index (Phi) is 6.53. The van der Waals surface area contributed by atoms with E-state index >= 15 is 0 Å². The van der Waals surface area contributed by atoms with Crippen LogP contribution in [0.3, 0.4) is 0 Å². The SMILES string of the molecule is CC(C)(CN)CN(Cc1cccc(NC(=O)c2ccc(C#N)cc2)c1)C(=O)C1CC1. The molecule has 1 saturated carbocycles. The summed E-state index contributed by atoms with van der Waals surface area (Å²) in [4.78, 5) is 27.2. The lowest BCUT2D eigenvalue weighted by Gasteiger charge is -2.32. The number of rotatable bonds is 8. The number of nitrogens with zero attached hydrogens (tertiary/aromatic N) is 2. The predicted molar refractivity (Wildman–Crippen MR) is 117 cm³/mol. The molecule has 0 unspecified atom stereocenters. The molecular formula is C24H28N4O2. The van der Waals surface area contributed by atoms with Crippen LogP contribution in [-0.2, 0) is 11.3 Å². The number of carbonyl (C=O) groups is 2. The lowest BCUT2D eigenvalue weighted by molar-refractivity contribution is -0.134. The quantitative estimate of drug-likeness (QED) is 0.703. The monoisotopic (exact) mass is 404 g/mol. The highest BCUT2D eigenvalue weighted by Gasteiger charge is 2.35. The average molecular weight is 405 g/mol. The van der Waals surface area contributed by atoms with Crippen molar-refractivity contribution in [3.05, 3.63) is 65.2 Å². The van der Waals surface area contributed by atoms with E-state index in [-0.39, 0.29) is 23.1 Å². The minimum absolute atomic E-state index is 0.137. The summed E-state index contributed by atoms with van der Waals surface area (Å²) < 4.78 is 0. The first kappa shape index (κ1) is 21.5. The number of hydrogen-bond donors (Lipinski definition) is 2. The second kappa shape index (κ2) is 9.10. The van der Waals surface area contributed by atoms with Gasteiger partial charge in [-0.3, -0.25) is 9.59 Å². The Balaban J connectivity index is 1.71. The molecule has 0 saturated heterocycles. The molecule has 0 aliphatic heterocycles. The summed E-state index contributed by atoms with van der Waals surface area (Å²) in [7, 11) is 0. The van der Waals surface area contributed by atoms with Crippen LogP contribution in [0.4, 0.5) is 5.69 Å². The molecule has 6 heteroatoms. The molecule has 1 aliphatic carbocycles.